The molecule has 0 unspecified atom stereocenters. The fraction of sp³-hybridized carbons (Fsp3) is 0.800. The highest BCUT2D eigenvalue weighted by atomic mass is 16.5. The van der Waals surface area contributed by atoms with Crippen molar-refractivity contribution in [3.63, 3.8) is 0 Å². The Morgan fingerprint density at radius 1 is 0.905 bits per heavy atom. The van der Waals surface area contributed by atoms with Crippen molar-refractivity contribution in [3.05, 3.63) is 0 Å². The summed E-state index contributed by atoms with van der Waals surface area (Å²) in [6.45, 7) is 3.53. The van der Waals surface area contributed by atoms with Gasteiger partial charge in [-0.15, -0.1) is 0 Å². The van der Waals surface area contributed by atoms with E-state index in [9.17, 15) is 14.4 Å². The number of esters is 2. The van der Waals surface area contributed by atoms with Gasteiger partial charge >= 0.3 is 11.9 Å². The Kier molecular flexibility index (Phi) is 7.79. The lowest BCUT2D eigenvalue weighted by atomic mass is 9.88. The Hall–Kier alpha value is -1.59. The molecule has 0 aromatic carbocycles. The van der Waals surface area contributed by atoms with Gasteiger partial charge in [0.05, 0.1) is 13.2 Å². The Labute approximate surface area is 125 Å². The van der Waals surface area contributed by atoms with Crippen LogP contribution in [-0.4, -0.2) is 49.0 Å². The van der Waals surface area contributed by atoms with Gasteiger partial charge in [0.25, 0.3) is 0 Å². The van der Waals surface area contributed by atoms with Crippen molar-refractivity contribution in [2.24, 2.45) is 5.92 Å². The third-order valence-electron chi connectivity index (χ3n) is 3.52. The van der Waals surface area contributed by atoms with Crippen LogP contribution in [0.2, 0.25) is 0 Å². The molecule has 0 N–H and O–H groups in total. The average Bonchev–Trinajstić information content (AvgIpc) is 2.47. The third kappa shape index (κ3) is 6.14. The van der Waals surface area contributed by atoms with E-state index in [1.54, 1.807) is 13.8 Å². The second-order valence-corrected chi connectivity index (χ2v) is 5.14. The van der Waals surface area contributed by atoms with Gasteiger partial charge in [0.2, 0.25) is 5.91 Å². The maximum atomic E-state index is 12.5. The topological polar surface area (TPSA) is 72.9 Å². The summed E-state index contributed by atoms with van der Waals surface area (Å²) in [5.41, 5.74) is 0. The van der Waals surface area contributed by atoms with E-state index < -0.39 is 11.9 Å². The summed E-state index contributed by atoms with van der Waals surface area (Å²) in [4.78, 5) is 37.0. The molecule has 1 rings (SSSR count). The SMILES string of the molecule is CCOC(=O)CN(CC(=O)OCC)C(=O)C1CCCCC1. The van der Waals surface area contributed by atoms with Crippen molar-refractivity contribution in [3.8, 4) is 0 Å². The van der Waals surface area contributed by atoms with E-state index in [1.807, 2.05) is 0 Å². The van der Waals surface area contributed by atoms with E-state index >= 15 is 0 Å². The first-order valence-corrected chi connectivity index (χ1v) is 7.68. The van der Waals surface area contributed by atoms with Gasteiger partial charge in [-0.1, -0.05) is 19.3 Å². The highest BCUT2D eigenvalue weighted by Crippen LogP contribution is 2.25. The van der Waals surface area contributed by atoms with Crippen LogP contribution in [0.25, 0.3) is 0 Å². The molecule has 1 saturated carbocycles. The van der Waals surface area contributed by atoms with E-state index in [4.69, 9.17) is 9.47 Å². The van der Waals surface area contributed by atoms with E-state index in [1.165, 1.54) is 4.90 Å². The highest BCUT2D eigenvalue weighted by Gasteiger charge is 2.29. The summed E-state index contributed by atoms with van der Waals surface area (Å²) < 4.78 is 9.73. The third-order valence-corrected chi connectivity index (χ3v) is 3.52. The lowest BCUT2D eigenvalue weighted by molar-refractivity contribution is -0.155. The zero-order valence-corrected chi connectivity index (χ0v) is 12.9. The Morgan fingerprint density at radius 2 is 1.38 bits per heavy atom. The summed E-state index contributed by atoms with van der Waals surface area (Å²) in [5, 5.41) is 0. The molecule has 0 aromatic rings. The average molecular weight is 299 g/mol. The summed E-state index contributed by atoms with van der Waals surface area (Å²) in [7, 11) is 0. The molecule has 6 nitrogen and oxygen atoms in total. The van der Waals surface area contributed by atoms with Gasteiger partial charge in [0, 0.05) is 5.92 Å². The molecule has 1 amide bonds. The van der Waals surface area contributed by atoms with Crippen molar-refractivity contribution < 1.29 is 23.9 Å². The van der Waals surface area contributed by atoms with Gasteiger partial charge < -0.3 is 14.4 Å². The summed E-state index contributed by atoms with van der Waals surface area (Å²) >= 11 is 0. The maximum Gasteiger partial charge on any atom is 0.325 e. The molecule has 0 heterocycles. The van der Waals surface area contributed by atoms with Crippen molar-refractivity contribution >= 4 is 17.8 Å². The fourth-order valence-electron chi connectivity index (χ4n) is 2.54. The first-order chi connectivity index (χ1) is 10.1. The number of ether oxygens (including phenoxy) is 2. The van der Waals surface area contributed by atoms with Crippen LogP contribution in [0, 0.1) is 5.92 Å². The molecule has 1 aliphatic rings. The van der Waals surface area contributed by atoms with Gasteiger partial charge in [0.15, 0.2) is 0 Å². The van der Waals surface area contributed by atoms with Gasteiger partial charge in [-0.3, -0.25) is 14.4 Å². The minimum Gasteiger partial charge on any atom is -0.465 e. The van der Waals surface area contributed by atoms with Crippen LogP contribution in [-0.2, 0) is 23.9 Å². The Bertz CT molecular complexity index is 343. The number of hydrogen-bond acceptors (Lipinski definition) is 5. The molecule has 1 aliphatic carbocycles. The van der Waals surface area contributed by atoms with E-state index in [0.29, 0.717) is 0 Å². The first-order valence-electron chi connectivity index (χ1n) is 7.68. The maximum absolute atomic E-state index is 12.5. The second-order valence-electron chi connectivity index (χ2n) is 5.14. The van der Waals surface area contributed by atoms with Gasteiger partial charge in [0.1, 0.15) is 13.1 Å². The largest absolute Gasteiger partial charge is 0.465 e. The van der Waals surface area contributed by atoms with Crippen LogP contribution < -0.4 is 0 Å². The Balaban J connectivity index is 2.66. The molecule has 6 heteroatoms. The molecule has 1 fully saturated rings. The molecule has 120 valence electrons. The van der Waals surface area contributed by atoms with E-state index in [0.717, 1.165) is 32.1 Å². The van der Waals surface area contributed by atoms with Crippen molar-refractivity contribution in [1.82, 2.24) is 4.90 Å². The van der Waals surface area contributed by atoms with Crippen molar-refractivity contribution in [2.75, 3.05) is 26.3 Å². The molecule has 0 aliphatic heterocycles. The summed E-state index contributed by atoms with van der Waals surface area (Å²) in [6, 6.07) is 0. The summed E-state index contributed by atoms with van der Waals surface area (Å²) in [6.07, 6.45) is 4.81. The van der Waals surface area contributed by atoms with Crippen LogP contribution in [0.5, 0.6) is 0 Å². The van der Waals surface area contributed by atoms with Crippen LogP contribution >= 0.6 is 0 Å². The lowest BCUT2D eigenvalue weighted by Crippen LogP contribution is -2.44. The lowest BCUT2D eigenvalue weighted by Gasteiger charge is -2.28. The van der Waals surface area contributed by atoms with E-state index in [2.05, 4.69) is 0 Å². The van der Waals surface area contributed by atoms with Crippen LogP contribution in [0.3, 0.4) is 0 Å². The molecule has 0 radical (unpaired) electrons. The first kappa shape index (κ1) is 17.5. The quantitative estimate of drug-likeness (QED) is 0.666. The van der Waals surface area contributed by atoms with Crippen LogP contribution in [0.15, 0.2) is 0 Å². The van der Waals surface area contributed by atoms with Gasteiger partial charge in [-0.05, 0) is 26.7 Å². The molecule has 0 spiro atoms. The number of carbonyl (C=O) groups is 3. The molecule has 0 aromatic heterocycles. The number of hydrogen-bond donors (Lipinski definition) is 0. The number of nitrogens with zero attached hydrogens (tertiary/aromatic N) is 1. The standard InChI is InChI=1S/C15H25NO5/c1-3-20-13(17)10-16(11-14(18)21-4-2)15(19)12-8-6-5-7-9-12/h12H,3-11H2,1-2H3. The van der Waals surface area contributed by atoms with Gasteiger partial charge in [-0.2, -0.15) is 0 Å². The zero-order valence-electron chi connectivity index (χ0n) is 12.9. The van der Waals surface area contributed by atoms with E-state index in [-0.39, 0.29) is 38.1 Å². The minimum atomic E-state index is -0.494. The Morgan fingerprint density at radius 3 is 1.81 bits per heavy atom. The molecule has 0 atom stereocenters. The van der Waals surface area contributed by atoms with Crippen LogP contribution in [0.1, 0.15) is 46.0 Å². The highest BCUT2D eigenvalue weighted by molar-refractivity contribution is 5.87. The van der Waals surface area contributed by atoms with Crippen molar-refractivity contribution in [2.45, 2.75) is 46.0 Å². The number of rotatable bonds is 7. The molecular weight excluding hydrogens is 274 g/mol. The molecule has 21 heavy (non-hydrogen) atoms. The van der Waals surface area contributed by atoms with Crippen molar-refractivity contribution in [1.29, 1.82) is 0 Å². The molecule has 0 bridgehead atoms. The fourth-order valence-corrected chi connectivity index (χ4v) is 2.54. The predicted octanol–water partition coefficient (Wildman–Crippen LogP) is 1.52. The second kappa shape index (κ2) is 9.37. The molecule has 0 saturated heterocycles. The zero-order chi connectivity index (χ0) is 15.7. The number of amides is 1. The van der Waals surface area contributed by atoms with Gasteiger partial charge in [-0.25, -0.2) is 0 Å². The monoisotopic (exact) mass is 299 g/mol. The summed E-state index contributed by atoms with van der Waals surface area (Å²) in [5.74, 6) is -1.23. The normalized spacial score (nSPS) is 15.3. The van der Waals surface area contributed by atoms with Crippen LogP contribution in [0.4, 0.5) is 0 Å². The predicted molar refractivity (Wildman–Crippen MR) is 76.4 cm³/mol. The minimum absolute atomic E-state index is 0.0948. The smallest absolute Gasteiger partial charge is 0.325 e. The molecular formula is C15H25NO5. The number of carbonyl (C=O) groups excluding carboxylic acids is 3.